The molecular weight excluding hydrogens is 379 g/mol. The van der Waals surface area contributed by atoms with E-state index in [9.17, 15) is 0 Å². The Hall–Kier alpha value is 2.63. The van der Waals surface area contributed by atoms with Crippen molar-refractivity contribution in [1.29, 1.82) is 0 Å². The SMILES string of the molecule is [Br][La]([Br])[Br]. The third kappa shape index (κ3) is 8.82. The van der Waals surface area contributed by atoms with Gasteiger partial charge in [0.05, 0.1) is 0 Å². The van der Waals surface area contributed by atoms with Gasteiger partial charge in [-0.25, -0.2) is 0 Å². The number of rotatable bonds is 0. The Bertz CT molecular complexity index is 8.00. The van der Waals surface area contributed by atoms with E-state index in [1.54, 1.807) is 0 Å². The average Bonchev–Trinajstić information content (AvgIpc) is 0.811. The molecule has 0 fully saturated rings. The normalized spacial score (nSPS) is 6.75. The first kappa shape index (κ1) is 6.63. The van der Waals surface area contributed by atoms with Crippen molar-refractivity contribution in [3.8, 4) is 0 Å². The van der Waals surface area contributed by atoms with Gasteiger partial charge in [-0.3, -0.25) is 0 Å². The fourth-order valence-electron chi connectivity index (χ4n) is 0. The van der Waals surface area contributed by atoms with E-state index in [-0.39, 0.29) is 0 Å². The van der Waals surface area contributed by atoms with Crippen LogP contribution in [0.1, 0.15) is 0 Å². The fraction of sp³-hybridized carbons (Fsp3) is 0. The molecule has 0 nitrogen and oxygen atoms in total. The van der Waals surface area contributed by atoms with Crippen molar-refractivity contribution < 1.29 is 21.5 Å². The summed E-state index contributed by atoms with van der Waals surface area (Å²) in [5.41, 5.74) is 0. The fourth-order valence-corrected chi connectivity index (χ4v) is 0. The van der Waals surface area contributed by atoms with Gasteiger partial charge in [0.1, 0.15) is 0 Å². The molecule has 4 heavy (non-hydrogen) atoms. The van der Waals surface area contributed by atoms with Crippen LogP contribution in [0.2, 0.25) is 0 Å². The molecule has 0 aliphatic heterocycles. The van der Waals surface area contributed by atoms with Gasteiger partial charge in [-0.15, -0.1) is 0 Å². The molecule has 0 heterocycles. The molecule has 0 aliphatic carbocycles. The minimum atomic E-state index is -1.28. The molecule has 0 aromatic carbocycles. The van der Waals surface area contributed by atoms with Crippen LogP contribution in [0.3, 0.4) is 0 Å². The summed E-state index contributed by atoms with van der Waals surface area (Å²) >= 11 is -1.28. The Morgan fingerprint density at radius 2 is 1.00 bits per heavy atom. The molecule has 0 rings (SSSR count). The summed E-state index contributed by atoms with van der Waals surface area (Å²) in [6, 6.07) is 0. The van der Waals surface area contributed by atoms with E-state index in [2.05, 4.69) is 30.5 Å². The van der Waals surface area contributed by atoms with Gasteiger partial charge in [-0.1, -0.05) is 0 Å². The summed E-state index contributed by atoms with van der Waals surface area (Å²) in [4.78, 5) is 0. The zero-order valence-electron chi connectivity index (χ0n) is 1.71. The first-order chi connectivity index (χ1) is 1.73. The second kappa shape index (κ2) is 3.81. The van der Waals surface area contributed by atoms with Crippen molar-refractivity contribution in [3.05, 3.63) is 0 Å². The van der Waals surface area contributed by atoms with Crippen LogP contribution in [0.4, 0.5) is 0 Å². The van der Waals surface area contributed by atoms with E-state index in [1.807, 2.05) is 0 Å². The predicted molar refractivity (Wildman–Crippen MR) is 26.8 cm³/mol. The molecule has 0 unspecified atom stereocenters. The Kier molecular flexibility index (Phi) is 6.32. The zero-order chi connectivity index (χ0) is 3.58. The number of halogens is 3. The van der Waals surface area contributed by atoms with Crippen molar-refractivity contribution in [2.75, 3.05) is 0 Å². The molecule has 0 amide bonds. The molecule has 0 spiro atoms. The number of hydrogen-bond donors (Lipinski definition) is 0. The van der Waals surface area contributed by atoms with Gasteiger partial charge < -0.3 is 0 Å². The van der Waals surface area contributed by atoms with E-state index in [0.29, 0.717) is 0 Å². The van der Waals surface area contributed by atoms with Gasteiger partial charge in [-0.05, 0) is 0 Å². The Morgan fingerprint density at radius 3 is 1.00 bits per heavy atom. The van der Waals surface area contributed by atoms with Crippen molar-refractivity contribution >= 4 is 30.5 Å². The van der Waals surface area contributed by atoms with E-state index in [0.717, 1.165) is 0 Å². The summed E-state index contributed by atoms with van der Waals surface area (Å²) in [6.45, 7) is 0. The van der Waals surface area contributed by atoms with Crippen molar-refractivity contribution in [2.24, 2.45) is 0 Å². The van der Waals surface area contributed by atoms with Crippen molar-refractivity contribution in [2.45, 2.75) is 0 Å². The van der Waals surface area contributed by atoms with Crippen LogP contribution < -0.4 is 0 Å². The summed E-state index contributed by atoms with van der Waals surface area (Å²) < 4.78 is 0. The molecule has 0 aliphatic rings. The monoisotopic (exact) mass is 376 g/mol. The van der Waals surface area contributed by atoms with Crippen LogP contribution in [-0.4, -0.2) is 0 Å². The Labute approximate surface area is 50.5 Å². The van der Waals surface area contributed by atoms with E-state index in [4.69, 9.17) is 0 Å². The predicted octanol–water partition coefficient (Wildman–Crippen LogP) is 2.54. The maximum absolute atomic E-state index is 3.33. The van der Waals surface area contributed by atoms with Gasteiger partial charge in [0.25, 0.3) is 0 Å². The first-order valence-electron chi connectivity index (χ1n) is 0.655. The van der Waals surface area contributed by atoms with Crippen LogP contribution in [0, 0.1) is 21.5 Å². The zero-order valence-corrected chi connectivity index (χ0v) is 10.1. The molecule has 0 saturated heterocycles. The topological polar surface area (TPSA) is 0 Å². The van der Waals surface area contributed by atoms with Gasteiger partial charge in [0.2, 0.25) is 0 Å². The number of hydrogen-bond acceptors (Lipinski definition) is 0. The second-order valence-corrected chi connectivity index (χ2v) is 48.6. The Morgan fingerprint density at radius 1 is 1.00 bits per heavy atom. The van der Waals surface area contributed by atoms with Gasteiger partial charge in [0.15, 0.2) is 0 Å². The van der Waals surface area contributed by atoms with Crippen LogP contribution in [0.15, 0.2) is 0 Å². The van der Waals surface area contributed by atoms with E-state index < -0.39 is 21.5 Å². The van der Waals surface area contributed by atoms with Gasteiger partial charge in [0, 0.05) is 0 Å². The second-order valence-electron chi connectivity index (χ2n) is 0.247. The van der Waals surface area contributed by atoms with Crippen LogP contribution in [-0.2, 0) is 0 Å². The van der Waals surface area contributed by atoms with Crippen molar-refractivity contribution in [3.63, 3.8) is 0 Å². The molecule has 0 bridgehead atoms. The summed E-state index contributed by atoms with van der Waals surface area (Å²) in [5.74, 6) is 0. The van der Waals surface area contributed by atoms with Crippen molar-refractivity contribution in [1.82, 2.24) is 0 Å². The summed E-state index contributed by atoms with van der Waals surface area (Å²) in [6.07, 6.45) is 0. The molecule has 0 radical (unpaired) electrons. The molecule has 24 valence electrons. The van der Waals surface area contributed by atoms with E-state index in [1.165, 1.54) is 0 Å². The summed E-state index contributed by atoms with van der Waals surface area (Å²) in [5, 5.41) is 0. The van der Waals surface area contributed by atoms with E-state index >= 15 is 0 Å². The van der Waals surface area contributed by atoms with Crippen LogP contribution in [0.5, 0.6) is 0 Å². The molecule has 0 aromatic rings. The molecular formula is Br3La. The molecule has 0 saturated carbocycles. The third-order valence-electron chi connectivity index (χ3n) is 0. The van der Waals surface area contributed by atoms with Crippen LogP contribution in [0.25, 0.3) is 0 Å². The molecule has 4 heteroatoms. The first-order valence-corrected chi connectivity index (χ1v) is 24.8. The van der Waals surface area contributed by atoms with Crippen LogP contribution >= 0.6 is 30.5 Å². The summed E-state index contributed by atoms with van der Waals surface area (Å²) in [7, 11) is 9.98. The third-order valence-corrected chi connectivity index (χ3v) is 0. The van der Waals surface area contributed by atoms with Gasteiger partial charge in [-0.2, -0.15) is 0 Å². The minimum absolute atomic E-state index is 1.28. The quantitative estimate of drug-likeness (QED) is 0.608. The van der Waals surface area contributed by atoms with Gasteiger partial charge >= 0.3 is 52.0 Å². The molecule has 0 atom stereocenters. The maximum atomic E-state index is 3.33. The molecule has 0 aromatic heterocycles. The Balaban J connectivity index is 2.32. The average molecular weight is 379 g/mol. The molecule has 0 N–H and O–H groups in total. The standard InChI is InChI=1S/3BrH.La/h3*1H;/q;;;+3/p-3.